The first kappa shape index (κ1) is 18.3. The number of rotatable bonds is 8. The van der Waals surface area contributed by atoms with E-state index in [2.05, 4.69) is 34.6 Å². The molecule has 2 aromatic carbocycles. The second-order valence-electron chi connectivity index (χ2n) is 7.28. The van der Waals surface area contributed by atoms with Gasteiger partial charge in [0, 0.05) is 17.7 Å². The fraction of sp³-hybridized carbons (Fsp3) is 0.304. The van der Waals surface area contributed by atoms with E-state index in [1.54, 1.807) is 0 Å². The van der Waals surface area contributed by atoms with E-state index in [1.807, 2.05) is 42.5 Å². The molecule has 0 bridgehead atoms. The monoisotopic (exact) mass is 375 g/mol. The molecule has 1 aliphatic rings. The van der Waals surface area contributed by atoms with Crippen molar-refractivity contribution in [1.29, 1.82) is 0 Å². The average molecular weight is 375 g/mol. The molecule has 1 saturated carbocycles. The van der Waals surface area contributed by atoms with Crippen LogP contribution in [0.15, 0.2) is 54.6 Å². The van der Waals surface area contributed by atoms with Gasteiger partial charge in [-0.25, -0.2) is 0 Å². The molecule has 2 N–H and O–H groups in total. The molecular weight excluding hydrogens is 350 g/mol. The summed E-state index contributed by atoms with van der Waals surface area (Å²) in [6, 6.07) is 18.1. The lowest BCUT2D eigenvalue weighted by atomic mass is 10.0. The van der Waals surface area contributed by atoms with Gasteiger partial charge in [-0.05, 0) is 48.1 Å². The Morgan fingerprint density at radius 2 is 1.79 bits per heavy atom. The molecule has 0 unspecified atom stereocenters. The number of amides is 1. The largest absolute Gasteiger partial charge is 0.494 e. The summed E-state index contributed by atoms with van der Waals surface area (Å²) in [7, 11) is 0. The van der Waals surface area contributed by atoms with E-state index < -0.39 is 0 Å². The van der Waals surface area contributed by atoms with E-state index in [0.717, 1.165) is 41.2 Å². The van der Waals surface area contributed by atoms with Crippen LogP contribution in [0.5, 0.6) is 5.75 Å². The van der Waals surface area contributed by atoms with Gasteiger partial charge in [0.25, 0.3) is 0 Å². The molecule has 4 rings (SSSR count). The number of anilines is 1. The second kappa shape index (κ2) is 8.30. The lowest BCUT2D eigenvalue weighted by Crippen LogP contribution is -2.14. The number of carbonyl (C=O) groups excluding carboxylic acids is 1. The number of nitrogens with zero attached hydrogens (tertiary/aromatic N) is 1. The number of hydrogen-bond acceptors (Lipinski definition) is 3. The first-order chi connectivity index (χ1) is 13.7. The predicted molar refractivity (Wildman–Crippen MR) is 111 cm³/mol. The fourth-order valence-electron chi connectivity index (χ4n) is 3.16. The Hall–Kier alpha value is -3.08. The van der Waals surface area contributed by atoms with Crippen LogP contribution < -0.4 is 10.1 Å². The Bertz CT molecular complexity index is 925. The summed E-state index contributed by atoms with van der Waals surface area (Å²) in [6.45, 7) is 2.83. The molecule has 0 spiro atoms. The lowest BCUT2D eigenvalue weighted by Gasteiger charge is -2.07. The van der Waals surface area contributed by atoms with E-state index >= 15 is 0 Å². The zero-order valence-electron chi connectivity index (χ0n) is 16.1. The van der Waals surface area contributed by atoms with Crippen molar-refractivity contribution in [3.05, 3.63) is 65.9 Å². The SMILES string of the molecule is CCCOc1ccc(-c2ccc(CC(=O)Nc3cc(C4CC4)[nH]n3)cc2)cc1. The van der Waals surface area contributed by atoms with Gasteiger partial charge < -0.3 is 10.1 Å². The molecule has 1 aliphatic carbocycles. The normalized spacial score (nSPS) is 13.3. The summed E-state index contributed by atoms with van der Waals surface area (Å²) >= 11 is 0. The van der Waals surface area contributed by atoms with Crippen LogP contribution in [-0.2, 0) is 11.2 Å². The maximum absolute atomic E-state index is 12.3. The van der Waals surface area contributed by atoms with Gasteiger partial charge >= 0.3 is 0 Å². The molecule has 1 aromatic heterocycles. The third-order valence-corrected chi connectivity index (χ3v) is 4.86. The number of aromatic nitrogens is 2. The quantitative estimate of drug-likeness (QED) is 0.587. The van der Waals surface area contributed by atoms with Crippen LogP contribution in [0.25, 0.3) is 11.1 Å². The van der Waals surface area contributed by atoms with Gasteiger partial charge in [-0.2, -0.15) is 5.10 Å². The molecule has 28 heavy (non-hydrogen) atoms. The summed E-state index contributed by atoms with van der Waals surface area (Å²) in [5.74, 6) is 2.04. The summed E-state index contributed by atoms with van der Waals surface area (Å²) in [6.07, 6.45) is 3.74. The van der Waals surface area contributed by atoms with Crippen molar-refractivity contribution in [2.24, 2.45) is 0 Å². The summed E-state index contributed by atoms with van der Waals surface area (Å²) in [5.41, 5.74) is 4.34. The number of nitrogens with one attached hydrogen (secondary N) is 2. The number of benzene rings is 2. The summed E-state index contributed by atoms with van der Waals surface area (Å²) in [5, 5.41) is 10.0. The summed E-state index contributed by atoms with van der Waals surface area (Å²) in [4.78, 5) is 12.3. The van der Waals surface area contributed by atoms with E-state index in [9.17, 15) is 4.79 Å². The smallest absolute Gasteiger partial charge is 0.229 e. The minimum atomic E-state index is -0.0565. The number of H-pyrrole nitrogens is 1. The first-order valence-electron chi connectivity index (χ1n) is 9.88. The number of hydrogen-bond donors (Lipinski definition) is 2. The minimum Gasteiger partial charge on any atom is -0.494 e. The fourth-order valence-corrected chi connectivity index (χ4v) is 3.16. The maximum atomic E-state index is 12.3. The van der Waals surface area contributed by atoms with E-state index in [0.29, 0.717) is 18.2 Å². The van der Waals surface area contributed by atoms with Crippen molar-refractivity contribution in [3.8, 4) is 16.9 Å². The van der Waals surface area contributed by atoms with E-state index in [-0.39, 0.29) is 5.91 Å². The van der Waals surface area contributed by atoms with Crippen LogP contribution in [0.1, 0.15) is 43.4 Å². The van der Waals surface area contributed by atoms with Crippen molar-refractivity contribution in [2.45, 2.75) is 38.5 Å². The zero-order valence-corrected chi connectivity index (χ0v) is 16.1. The van der Waals surface area contributed by atoms with Crippen LogP contribution in [0.4, 0.5) is 5.82 Å². The molecular formula is C23H25N3O2. The lowest BCUT2D eigenvalue weighted by molar-refractivity contribution is -0.115. The van der Waals surface area contributed by atoms with Crippen LogP contribution >= 0.6 is 0 Å². The molecule has 144 valence electrons. The molecule has 0 atom stereocenters. The van der Waals surface area contributed by atoms with E-state index in [1.165, 1.54) is 12.8 Å². The van der Waals surface area contributed by atoms with Crippen molar-refractivity contribution in [3.63, 3.8) is 0 Å². The Labute approximate surface area is 165 Å². The predicted octanol–water partition coefficient (Wildman–Crippen LogP) is 4.92. The van der Waals surface area contributed by atoms with Crippen LogP contribution in [-0.4, -0.2) is 22.7 Å². The van der Waals surface area contributed by atoms with Crippen molar-refractivity contribution in [1.82, 2.24) is 10.2 Å². The van der Waals surface area contributed by atoms with Gasteiger partial charge in [0.05, 0.1) is 13.0 Å². The number of ether oxygens (including phenoxy) is 1. The van der Waals surface area contributed by atoms with Crippen LogP contribution in [0.2, 0.25) is 0 Å². The highest BCUT2D eigenvalue weighted by molar-refractivity contribution is 5.91. The van der Waals surface area contributed by atoms with Gasteiger partial charge in [0.2, 0.25) is 5.91 Å². The van der Waals surface area contributed by atoms with Gasteiger partial charge in [0.15, 0.2) is 5.82 Å². The topological polar surface area (TPSA) is 67.0 Å². The Balaban J connectivity index is 1.33. The molecule has 5 heteroatoms. The molecule has 5 nitrogen and oxygen atoms in total. The Morgan fingerprint density at radius 3 is 2.43 bits per heavy atom. The number of carbonyl (C=O) groups is 1. The van der Waals surface area contributed by atoms with Gasteiger partial charge in [-0.1, -0.05) is 43.3 Å². The Morgan fingerprint density at radius 1 is 1.11 bits per heavy atom. The highest BCUT2D eigenvalue weighted by Gasteiger charge is 2.25. The molecule has 0 aliphatic heterocycles. The van der Waals surface area contributed by atoms with Crippen molar-refractivity contribution < 1.29 is 9.53 Å². The van der Waals surface area contributed by atoms with E-state index in [4.69, 9.17) is 4.74 Å². The standard InChI is InChI=1S/C23H25N3O2/c1-2-13-28-20-11-9-18(10-12-20)17-5-3-16(4-6-17)14-23(27)24-22-15-21(25-26-22)19-7-8-19/h3-6,9-12,15,19H,2,7-8,13-14H2,1H3,(H2,24,25,26,27). The molecule has 0 saturated heterocycles. The highest BCUT2D eigenvalue weighted by atomic mass is 16.5. The van der Waals surface area contributed by atoms with Crippen molar-refractivity contribution in [2.75, 3.05) is 11.9 Å². The van der Waals surface area contributed by atoms with Gasteiger partial charge in [0.1, 0.15) is 5.75 Å². The summed E-state index contributed by atoms with van der Waals surface area (Å²) < 4.78 is 5.62. The third kappa shape index (κ3) is 4.60. The molecule has 0 radical (unpaired) electrons. The van der Waals surface area contributed by atoms with Gasteiger partial charge in [-0.15, -0.1) is 0 Å². The van der Waals surface area contributed by atoms with Crippen molar-refractivity contribution >= 4 is 11.7 Å². The highest BCUT2D eigenvalue weighted by Crippen LogP contribution is 2.39. The van der Waals surface area contributed by atoms with Gasteiger partial charge in [-0.3, -0.25) is 9.89 Å². The molecule has 1 heterocycles. The minimum absolute atomic E-state index is 0.0565. The number of aromatic amines is 1. The average Bonchev–Trinajstić information content (AvgIpc) is 3.47. The zero-order chi connectivity index (χ0) is 19.3. The molecule has 1 amide bonds. The first-order valence-corrected chi connectivity index (χ1v) is 9.88. The second-order valence-corrected chi connectivity index (χ2v) is 7.28. The third-order valence-electron chi connectivity index (χ3n) is 4.86. The molecule has 1 fully saturated rings. The maximum Gasteiger partial charge on any atom is 0.229 e. The Kier molecular flexibility index (Phi) is 5.42. The van der Waals surface area contributed by atoms with Crippen LogP contribution in [0.3, 0.4) is 0 Å². The van der Waals surface area contributed by atoms with Crippen LogP contribution in [0, 0.1) is 0 Å². The molecule has 3 aromatic rings.